The molecule has 0 radical (unpaired) electrons. The molecule has 0 aromatic heterocycles. The van der Waals surface area contributed by atoms with Crippen LogP contribution >= 0.6 is 0 Å². The lowest BCUT2D eigenvalue weighted by molar-refractivity contribution is 0.514. The number of allylic oxidation sites excluding steroid dienone is 2. The quantitative estimate of drug-likeness (QED) is 0.803. The van der Waals surface area contributed by atoms with Crippen molar-refractivity contribution in [2.24, 2.45) is 0 Å². The Morgan fingerprint density at radius 3 is 2.55 bits per heavy atom. The van der Waals surface area contributed by atoms with Gasteiger partial charge in [0.25, 0.3) is 0 Å². The smallest absolute Gasteiger partial charge is 0.0469 e. The van der Waals surface area contributed by atoms with E-state index in [9.17, 15) is 0 Å². The number of benzene rings is 1. The Bertz CT molecular complexity index is 571. The van der Waals surface area contributed by atoms with E-state index in [2.05, 4.69) is 58.0 Å². The highest BCUT2D eigenvalue weighted by atomic mass is 15.2. The molecule has 2 rings (SSSR count). The Morgan fingerprint density at radius 2 is 2.00 bits per heavy atom. The molecule has 0 spiro atoms. The third-order valence-corrected chi connectivity index (χ3v) is 4.72. The van der Waals surface area contributed by atoms with Crippen molar-refractivity contribution in [3.63, 3.8) is 0 Å². The van der Waals surface area contributed by atoms with Gasteiger partial charge < -0.3 is 10.6 Å². The Morgan fingerprint density at radius 1 is 1.35 bits per heavy atom. The van der Waals surface area contributed by atoms with Crippen LogP contribution in [0.25, 0.3) is 5.57 Å². The molecule has 2 nitrogen and oxygen atoms in total. The van der Waals surface area contributed by atoms with Crippen LogP contribution in [0, 0.1) is 0 Å². The van der Waals surface area contributed by atoms with Gasteiger partial charge in [-0.3, -0.25) is 0 Å². The average Bonchev–Trinajstić information content (AvgIpc) is 2.60. The molecule has 2 N–H and O–H groups in total. The van der Waals surface area contributed by atoms with Crippen molar-refractivity contribution in [1.29, 1.82) is 0 Å². The predicted molar refractivity (Wildman–Crippen MR) is 90.0 cm³/mol. The molecule has 0 fully saturated rings. The van der Waals surface area contributed by atoms with Gasteiger partial charge in [0.15, 0.2) is 0 Å². The van der Waals surface area contributed by atoms with Crippen LogP contribution in [0.5, 0.6) is 0 Å². The third-order valence-electron chi connectivity index (χ3n) is 4.72. The van der Waals surface area contributed by atoms with E-state index >= 15 is 0 Å². The highest BCUT2D eigenvalue weighted by Gasteiger charge is 2.40. The molecule has 1 atom stereocenters. The van der Waals surface area contributed by atoms with Gasteiger partial charge in [-0.25, -0.2) is 0 Å². The number of fused-ring (bicyclic) bond motifs is 1. The summed E-state index contributed by atoms with van der Waals surface area (Å²) in [7, 11) is 2.08. The Labute approximate surface area is 123 Å². The van der Waals surface area contributed by atoms with Crippen molar-refractivity contribution in [3.8, 4) is 0 Å². The number of nitrogen functional groups attached to an aromatic ring is 1. The minimum absolute atomic E-state index is 0.00923. The summed E-state index contributed by atoms with van der Waals surface area (Å²) in [5.41, 5.74) is 12.9. The predicted octanol–water partition coefficient (Wildman–Crippen LogP) is 4.71. The summed E-state index contributed by atoms with van der Waals surface area (Å²) >= 11 is 0. The molecular weight excluding hydrogens is 244 g/mol. The molecule has 0 aliphatic carbocycles. The first-order valence-electron chi connectivity index (χ1n) is 7.42. The zero-order valence-electron chi connectivity index (χ0n) is 13.2. The number of hydrogen-bond donors (Lipinski definition) is 1. The zero-order chi connectivity index (χ0) is 15.1. The summed E-state index contributed by atoms with van der Waals surface area (Å²) < 4.78 is 0. The number of likely N-dealkylation sites (N-methyl/N-ethyl adjacent to an activating group) is 1. The fourth-order valence-electron chi connectivity index (χ4n) is 3.27. The van der Waals surface area contributed by atoms with Crippen LogP contribution in [-0.2, 0) is 5.41 Å². The lowest BCUT2D eigenvalue weighted by Gasteiger charge is -2.27. The first-order chi connectivity index (χ1) is 9.36. The molecule has 1 unspecified atom stereocenters. The lowest BCUT2D eigenvalue weighted by atomic mass is 9.77. The molecule has 1 aliphatic rings. The number of nitrogens with two attached hydrogens (primary N) is 1. The fourth-order valence-corrected chi connectivity index (χ4v) is 3.27. The van der Waals surface area contributed by atoms with Crippen LogP contribution in [0.3, 0.4) is 0 Å². The van der Waals surface area contributed by atoms with E-state index in [1.54, 1.807) is 0 Å². The summed E-state index contributed by atoms with van der Waals surface area (Å²) in [6.07, 6.45) is 3.16. The number of rotatable bonds is 4. The standard InChI is InChI=1S/C18H26N2/c1-7-9-18(5)13(4)20(6)17-11-16(19)14(10-15(17)18)12(3)8-2/h10-11H,3-4,7-9,19H2,1-2,5-6H3. The van der Waals surface area contributed by atoms with Crippen molar-refractivity contribution in [1.82, 2.24) is 0 Å². The summed E-state index contributed by atoms with van der Waals surface area (Å²) in [6, 6.07) is 4.32. The van der Waals surface area contributed by atoms with Crippen molar-refractivity contribution in [2.45, 2.75) is 45.4 Å². The molecule has 0 saturated carbocycles. The van der Waals surface area contributed by atoms with Gasteiger partial charge in [-0.15, -0.1) is 0 Å². The van der Waals surface area contributed by atoms with Gasteiger partial charge in [0.1, 0.15) is 0 Å². The van der Waals surface area contributed by atoms with Crippen LogP contribution in [0.4, 0.5) is 11.4 Å². The first-order valence-corrected chi connectivity index (χ1v) is 7.42. The number of anilines is 2. The molecule has 1 heterocycles. The Hall–Kier alpha value is -1.70. The van der Waals surface area contributed by atoms with Gasteiger partial charge >= 0.3 is 0 Å². The van der Waals surface area contributed by atoms with Gasteiger partial charge in [-0.1, -0.05) is 33.4 Å². The largest absolute Gasteiger partial charge is 0.398 e. The first kappa shape index (κ1) is 14.7. The molecule has 1 aromatic rings. The highest BCUT2D eigenvalue weighted by Crippen LogP contribution is 2.50. The topological polar surface area (TPSA) is 29.3 Å². The second-order valence-corrected chi connectivity index (χ2v) is 6.00. The SMILES string of the molecule is C=C(CC)c1cc2c(cc1N)N(C)C(=C)C2(C)CCC. The van der Waals surface area contributed by atoms with E-state index in [-0.39, 0.29) is 5.41 Å². The van der Waals surface area contributed by atoms with Crippen molar-refractivity contribution < 1.29 is 0 Å². The molecule has 0 saturated heterocycles. The summed E-state index contributed by atoms with van der Waals surface area (Å²) in [4.78, 5) is 2.18. The normalized spacial score (nSPS) is 21.2. The van der Waals surface area contributed by atoms with Gasteiger partial charge in [0.2, 0.25) is 0 Å². The maximum atomic E-state index is 6.22. The maximum Gasteiger partial charge on any atom is 0.0469 e. The second-order valence-electron chi connectivity index (χ2n) is 6.00. The zero-order valence-corrected chi connectivity index (χ0v) is 13.2. The monoisotopic (exact) mass is 270 g/mol. The van der Waals surface area contributed by atoms with E-state index in [0.717, 1.165) is 41.8 Å². The summed E-state index contributed by atoms with van der Waals surface area (Å²) in [5.74, 6) is 0. The molecule has 20 heavy (non-hydrogen) atoms. The Balaban J connectivity index is 2.65. The average molecular weight is 270 g/mol. The third kappa shape index (κ3) is 1.94. The molecular formula is C18H26N2. The van der Waals surface area contributed by atoms with Gasteiger partial charge in [-0.05, 0) is 43.0 Å². The molecule has 2 heteroatoms. The maximum absolute atomic E-state index is 6.22. The second kappa shape index (κ2) is 5.01. The summed E-state index contributed by atoms with van der Waals surface area (Å²) in [6.45, 7) is 15.1. The molecule has 0 bridgehead atoms. The molecule has 108 valence electrons. The van der Waals surface area contributed by atoms with E-state index in [0.29, 0.717) is 0 Å². The van der Waals surface area contributed by atoms with Crippen molar-refractivity contribution >= 4 is 16.9 Å². The van der Waals surface area contributed by atoms with Gasteiger partial charge in [0.05, 0.1) is 0 Å². The summed E-state index contributed by atoms with van der Waals surface area (Å²) in [5, 5.41) is 0. The van der Waals surface area contributed by atoms with Crippen LogP contribution < -0.4 is 10.6 Å². The number of nitrogens with zero attached hydrogens (tertiary/aromatic N) is 1. The molecule has 1 aliphatic heterocycles. The van der Waals surface area contributed by atoms with E-state index < -0.39 is 0 Å². The van der Waals surface area contributed by atoms with Crippen molar-refractivity contribution in [2.75, 3.05) is 17.7 Å². The van der Waals surface area contributed by atoms with E-state index in [1.807, 2.05) is 0 Å². The van der Waals surface area contributed by atoms with Gasteiger partial charge in [-0.2, -0.15) is 0 Å². The molecule has 0 amide bonds. The van der Waals surface area contributed by atoms with E-state index in [4.69, 9.17) is 5.73 Å². The Kier molecular flexibility index (Phi) is 3.68. The number of hydrogen-bond acceptors (Lipinski definition) is 2. The lowest BCUT2D eigenvalue weighted by Crippen LogP contribution is -2.25. The molecule has 1 aromatic carbocycles. The minimum atomic E-state index is 0.00923. The van der Waals surface area contributed by atoms with Crippen LogP contribution in [0.1, 0.15) is 51.2 Å². The van der Waals surface area contributed by atoms with Crippen LogP contribution in [0.2, 0.25) is 0 Å². The van der Waals surface area contributed by atoms with Gasteiger partial charge in [0, 0.05) is 35.1 Å². The fraction of sp³-hybridized carbons (Fsp3) is 0.444. The van der Waals surface area contributed by atoms with Crippen LogP contribution in [-0.4, -0.2) is 7.05 Å². The van der Waals surface area contributed by atoms with Crippen molar-refractivity contribution in [3.05, 3.63) is 42.1 Å². The minimum Gasteiger partial charge on any atom is -0.398 e. The van der Waals surface area contributed by atoms with Crippen LogP contribution in [0.15, 0.2) is 31.0 Å². The van der Waals surface area contributed by atoms with E-state index in [1.165, 1.54) is 11.3 Å². The highest BCUT2D eigenvalue weighted by molar-refractivity contribution is 5.82.